The molecule has 2 N–H and O–H groups in total. The fourth-order valence-corrected chi connectivity index (χ4v) is 4.54. The Morgan fingerprint density at radius 1 is 1.21 bits per heavy atom. The second-order valence-corrected chi connectivity index (χ2v) is 8.81. The Balaban J connectivity index is 1.75. The minimum absolute atomic E-state index is 0.121. The topological polar surface area (TPSA) is 81.1 Å². The van der Waals surface area contributed by atoms with Crippen LogP contribution in [0.5, 0.6) is 0 Å². The molecule has 1 aromatic carbocycles. The van der Waals surface area contributed by atoms with Crippen molar-refractivity contribution < 1.29 is 9.53 Å². The fraction of sp³-hybridized carbons (Fsp3) is 0.480. The van der Waals surface area contributed by atoms with Gasteiger partial charge in [0.25, 0.3) is 5.91 Å². The molecule has 2 aromatic heterocycles. The molecule has 0 saturated carbocycles. The molecular formula is C25H32ClN5O2. The molecule has 1 aliphatic heterocycles. The van der Waals surface area contributed by atoms with Crippen molar-refractivity contribution in [2.75, 3.05) is 18.5 Å². The number of amides is 1. The summed E-state index contributed by atoms with van der Waals surface area (Å²) in [4.78, 5) is 18.6. The summed E-state index contributed by atoms with van der Waals surface area (Å²) < 4.78 is 7.42. The van der Waals surface area contributed by atoms with Crippen molar-refractivity contribution in [3.63, 3.8) is 0 Å². The van der Waals surface area contributed by atoms with Gasteiger partial charge in [0.1, 0.15) is 0 Å². The summed E-state index contributed by atoms with van der Waals surface area (Å²) in [5.41, 5.74) is 4.05. The van der Waals surface area contributed by atoms with E-state index in [2.05, 4.69) is 22.7 Å². The van der Waals surface area contributed by atoms with E-state index < -0.39 is 0 Å². The lowest BCUT2D eigenvalue weighted by atomic mass is 10.0. The normalized spacial score (nSPS) is 15.5. The number of rotatable bonds is 8. The van der Waals surface area contributed by atoms with E-state index in [-0.39, 0.29) is 18.0 Å². The summed E-state index contributed by atoms with van der Waals surface area (Å²) in [5.74, 6) is -0.123. The quantitative estimate of drug-likeness (QED) is 0.477. The Kier molecular flexibility index (Phi) is 7.50. The Labute approximate surface area is 199 Å². The molecule has 33 heavy (non-hydrogen) atoms. The molecule has 1 amide bonds. The molecule has 176 valence electrons. The Morgan fingerprint density at radius 2 is 1.94 bits per heavy atom. The van der Waals surface area contributed by atoms with Gasteiger partial charge in [0.2, 0.25) is 0 Å². The molecular weight excluding hydrogens is 438 g/mol. The minimum atomic E-state index is -0.123. The lowest BCUT2D eigenvalue weighted by Gasteiger charge is -2.27. The van der Waals surface area contributed by atoms with Gasteiger partial charge in [0.15, 0.2) is 5.65 Å². The van der Waals surface area contributed by atoms with Gasteiger partial charge in [-0.15, -0.1) is 0 Å². The van der Waals surface area contributed by atoms with Crippen LogP contribution in [-0.2, 0) is 17.7 Å². The molecule has 1 aliphatic rings. The van der Waals surface area contributed by atoms with Crippen LogP contribution in [0.25, 0.3) is 11.0 Å². The van der Waals surface area contributed by atoms with Crippen LogP contribution in [0.2, 0.25) is 5.02 Å². The molecule has 3 aromatic rings. The van der Waals surface area contributed by atoms with Gasteiger partial charge in [0, 0.05) is 30.8 Å². The number of pyridine rings is 1. The number of nitrogens with one attached hydrogen (secondary N) is 2. The van der Waals surface area contributed by atoms with Crippen LogP contribution < -0.4 is 10.6 Å². The van der Waals surface area contributed by atoms with Crippen molar-refractivity contribution in [2.24, 2.45) is 0 Å². The van der Waals surface area contributed by atoms with E-state index >= 15 is 0 Å². The number of aryl methyl sites for hydroxylation is 2. The van der Waals surface area contributed by atoms with Crippen molar-refractivity contribution in [1.29, 1.82) is 0 Å². The average molecular weight is 470 g/mol. The molecule has 8 heteroatoms. The molecule has 0 aliphatic carbocycles. The van der Waals surface area contributed by atoms with Gasteiger partial charge in [0.05, 0.1) is 34.6 Å². The predicted molar refractivity (Wildman–Crippen MR) is 132 cm³/mol. The monoisotopic (exact) mass is 469 g/mol. The summed E-state index contributed by atoms with van der Waals surface area (Å²) in [6.07, 6.45) is 5.03. The largest absolute Gasteiger partial charge is 0.381 e. The summed E-state index contributed by atoms with van der Waals surface area (Å²) in [7, 11) is 0. The van der Waals surface area contributed by atoms with Gasteiger partial charge in [-0.25, -0.2) is 9.67 Å². The van der Waals surface area contributed by atoms with E-state index in [9.17, 15) is 4.79 Å². The van der Waals surface area contributed by atoms with Crippen molar-refractivity contribution in [3.05, 3.63) is 52.3 Å². The number of hydrogen-bond acceptors (Lipinski definition) is 5. The van der Waals surface area contributed by atoms with Crippen LogP contribution in [0.3, 0.4) is 0 Å². The lowest BCUT2D eigenvalue weighted by Crippen LogP contribution is -2.32. The number of nitrogens with zero attached hydrogens (tertiary/aromatic N) is 3. The van der Waals surface area contributed by atoms with E-state index in [4.69, 9.17) is 21.3 Å². The maximum absolute atomic E-state index is 13.7. The third-order valence-electron chi connectivity index (χ3n) is 6.28. The number of benzene rings is 1. The zero-order chi connectivity index (χ0) is 23.4. The molecule has 0 bridgehead atoms. The molecule has 0 radical (unpaired) electrons. The molecule has 7 nitrogen and oxygen atoms in total. The van der Waals surface area contributed by atoms with E-state index in [0.29, 0.717) is 17.0 Å². The van der Waals surface area contributed by atoms with Gasteiger partial charge in [-0.1, -0.05) is 37.6 Å². The smallest absolute Gasteiger partial charge is 0.255 e. The highest BCUT2D eigenvalue weighted by Gasteiger charge is 2.26. The Hall–Kier alpha value is -2.64. The first-order chi connectivity index (χ1) is 16.0. The fourth-order valence-electron chi connectivity index (χ4n) is 4.41. The third-order valence-corrected chi connectivity index (χ3v) is 6.53. The Bertz CT molecular complexity index is 1110. The maximum atomic E-state index is 13.7. The Morgan fingerprint density at radius 3 is 2.58 bits per heavy atom. The number of carbonyl (C=O) groups excluding carboxylic acids is 1. The van der Waals surface area contributed by atoms with Crippen molar-refractivity contribution >= 4 is 34.2 Å². The highest BCUT2D eigenvalue weighted by atomic mass is 35.5. The van der Waals surface area contributed by atoms with Gasteiger partial charge in [-0.2, -0.15) is 5.10 Å². The highest BCUT2D eigenvalue weighted by molar-refractivity contribution is 6.30. The first kappa shape index (κ1) is 23.5. The zero-order valence-corrected chi connectivity index (χ0v) is 20.3. The zero-order valence-electron chi connectivity index (χ0n) is 19.5. The van der Waals surface area contributed by atoms with Crippen LogP contribution in [0.1, 0.15) is 67.7 Å². The molecule has 1 atom stereocenters. The molecule has 1 fully saturated rings. The molecule has 1 saturated heterocycles. The summed E-state index contributed by atoms with van der Waals surface area (Å²) >= 11 is 6.06. The number of carbonyl (C=O) groups is 1. The number of ether oxygens (including phenoxy) is 1. The number of aromatic nitrogens is 3. The average Bonchev–Trinajstić information content (AvgIpc) is 3.26. The molecule has 1 unspecified atom stereocenters. The van der Waals surface area contributed by atoms with Crippen molar-refractivity contribution in [1.82, 2.24) is 20.1 Å². The minimum Gasteiger partial charge on any atom is -0.381 e. The van der Waals surface area contributed by atoms with Crippen LogP contribution >= 0.6 is 11.6 Å². The van der Waals surface area contributed by atoms with Crippen LogP contribution in [0.15, 0.2) is 30.5 Å². The third kappa shape index (κ3) is 4.99. The second-order valence-electron chi connectivity index (χ2n) is 8.38. The van der Waals surface area contributed by atoms with Crippen molar-refractivity contribution in [3.8, 4) is 0 Å². The van der Waals surface area contributed by atoms with E-state index in [1.165, 1.54) is 0 Å². The number of anilines is 1. The van der Waals surface area contributed by atoms with Crippen LogP contribution in [0.4, 0.5) is 5.69 Å². The number of halogens is 1. The second kappa shape index (κ2) is 10.5. The lowest BCUT2D eigenvalue weighted by molar-refractivity contribution is 0.0903. The van der Waals surface area contributed by atoms with Gasteiger partial charge >= 0.3 is 0 Å². The predicted octanol–water partition coefficient (Wildman–Crippen LogP) is 5.14. The van der Waals surface area contributed by atoms with Crippen LogP contribution in [-0.4, -0.2) is 39.9 Å². The molecule has 0 spiro atoms. The number of fused-ring (bicyclic) bond motifs is 1. The SMILES string of the molecule is CCc1nc2c(cnn2CC)c(NC2CCOCC2)c1C(=O)NC(CC)c1ccc(Cl)cc1. The molecule has 4 rings (SSSR count). The first-order valence-electron chi connectivity index (χ1n) is 11.8. The number of hydrogen-bond donors (Lipinski definition) is 2. The molecule has 3 heterocycles. The van der Waals surface area contributed by atoms with Gasteiger partial charge < -0.3 is 15.4 Å². The van der Waals surface area contributed by atoms with Gasteiger partial charge in [-0.05, 0) is 50.3 Å². The van der Waals surface area contributed by atoms with E-state index in [1.54, 1.807) is 0 Å². The summed E-state index contributed by atoms with van der Waals surface area (Å²) in [6, 6.07) is 7.76. The van der Waals surface area contributed by atoms with Crippen molar-refractivity contribution in [2.45, 2.75) is 65.1 Å². The van der Waals surface area contributed by atoms with E-state index in [0.717, 1.165) is 67.0 Å². The highest BCUT2D eigenvalue weighted by Crippen LogP contribution is 2.32. The summed E-state index contributed by atoms with van der Waals surface area (Å²) in [6.45, 7) is 8.30. The first-order valence-corrected chi connectivity index (χ1v) is 12.2. The maximum Gasteiger partial charge on any atom is 0.255 e. The van der Waals surface area contributed by atoms with Crippen LogP contribution in [0, 0.1) is 0 Å². The van der Waals surface area contributed by atoms with E-state index in [1.807, 2.05) is 49.0 Å². The summed E-state index contributed by atoms with van der Waals surface area (Å²) in [5, 5.41) is 13.0. The standard InChI is InChI=1S/C25H32ClN5O2/c1-4-20(16-7-9-17(26)10-8-16)30-25(32)22-21(5-2)29-24-19(15-27-31(24)6-3)23(22)28-18-11-13-33-14-12-18/h7-10,15,18,20H,4-6,11-14H2,1-3H3,(H,28,29)(H,30,32). The van der Waals surface area contributed by atoms with Gasteiger partial charge in [-0.3, -0.25) is 4.79 Å².